The third kappa shape index (κ3) is 5.78. The number of methoxy groups -OCH3 is 2. The number of hydrogen-bond acceptors (Lipinski definition) is 6. The molecule has 3 rings (SSSR count). The minimum Gasteiger partial charge on any atom is -0.497 e. The summed E-state index contributed by atoms with van der Waals surface area (Å²) in [6.45, 7) is 2.11. The lowest BCUT2D eigenvalue weighted by molar-refractivity contribution is -0.132. The first kappa shape index (κ1) is 24.0. The topological polar surface area (TPSA) is 100 Å². The Morgan fingerprint density at radius 2 is 1.55 bits per heavy atom. The van der Waals surface area contributed by atoms with Crippen molar-refractivity contribution in [3.05, 3.63) is 54.1 Å². The molecule has 10 heteroatoms. The van der Waals surface area contributed by atoms with E-state index in [1.807, 2.05) is 0 Å². The van der Waals surface area contributed by atoms with E-state index in [9.17, 15) is 14.4 Å². The highest BCUT2D eigenvalue weighted by molar-refractivity contribution is 7.80. The Kier molecular flexibility index (Phi) is 7.83. The zero-order valence-electron chi connectivity index (χ0n) is 18.7. The maximum atomic E-state index is 12.9. The summed E-state index contributed by atoms with van der Waals surface area (Å²) < 4.78 is 10.2. The van der Waals surface area contributed by atoms with Gasteiger partial charge in [0.15, 0.2) is 5.11 Å². The van der Waals surface area contributed by atoms with Gasteiger partial charge in [0.25, 0.3) is 5.91 Å². The van der Waals surface area contributed by atoms with E-state index in [1.165, 1.54) is 9.91 Å². The van der Waals surface area contributed by atoms with Crippen LogP contribution in [0.5, 0.6) is 11.5 Å². The van der Waals surface area contributed by atoms with Gasteiger partial charge >= 0.3 is 0 Å². The van der Waals surface area contributed by atoms with Crippen LogP contribution in [0.3, 0.4) is 0 Å². The van der Waals surface area contributed by atoms with Crippen LogP contribution >= 0.6 is 12.2 Å². The Hall–Kier alpha value is -3.66. The number of carbonyl (C=O) groups is 3. The molecule has 0 aliphatic carbocycles. The van der Waals surface area contributed by atoms with Gasteiger partial charge in [0.2, 0.25) is 11.8 Å². The van der Waals surface area contributed by atoms with Crippen LogP contribution in [-0.2, 0) is 20.8 Å². The Morgan fingerprint density at radius 1 is 0.970 bits per heavy atom. The van der Waals surface area contributed by atoms with Crippen LogP contribution in [0.15, 0.2) is 48.5 Å². The van der Waals surface area contributed by atoms with Crippen molar-refractivity contribution >= 4 is 40.7 Å². The molecule has 33 heavy (non-hydrogen) atoms. The summed E-state index contributed by atoms with van der Waals surface area (Å²) >= 11 is 5.40. The number of hydrogen-bond donors (Lipinski definition) is 2. The van der Waals surface area contributed by atoms with E-state index in [0.29, 0.717) is 23.7 Å². The molecule has 0 saturated carbocycles. The molecule has 2 aromatic carbocycles. The molecule has 0 bridgehead atoms. The molecule has 0 spiro atoms. The number of nitrogens with one attached hydrogen (secondary N) is 2. The van der Waals surface area contributed by atoms with Gasteiger partial charge in [-0.15, -0.1) is 0 Å². The second kappa shape index (κ2) is 10.8. The molecular weight excluding hydrogens is 444 g/mol. The third-order valence-electron chi connectivity index (χ3n) is 5.14. The third-order valence-corrected chi connectivity index (χ3v) is 5.55. The SMILES string of the molecule is CCN1C(=O)C(CC(=O)Nc2ccc(OC)cc2)N(NC(=O)Cc2ccc(OC)cc2)C1=S. The van der Waals surface area contributed by atoms with E-state index in [0.717, 1.165) is 5.56 Å². The van der Waals surface area contributed by atoms with Crippen LogP contribution in [0.4, 0.5) is 5.69 Å². The minimum absolute atomic E-state index is 0.0776. The molecule has 1 atom stereocenters. The van der Waals surface area contributed by atoms with Gasteiger partial charge in [-0.25, -0.2) is 5.01 Å². The highest BCUT2D eigenvalue weighted by Crippen LogP contribution is 2.21. The van der Waals surface area contributed by atoms with Gasteiger partial charge in [0.05, 0.1) is 27.1 Å². The van der Waals surface area contributed by atoms with Crippen molar-refractivity contribution in [3.63, 3.8) is 0 Å². The lowest BCUT2D eigenvalue weighted by Crippen LogP contribution is -2.50. The number of amides is 3. The van der Waals surface area contributed by atoms with Crippen molar-refractivity contribution in [1.82, 2.24) is 15.3 Å². The summed E-state index contributed by atoms with van der Waals surface area (Å²) in [4.78, 5) is 39.6. The molecule has 1 heterocycles. The smallest absolute Gasteiger partial charge is 0.254 e. The fourth-order valence-corrected chi connectivity index (χ4v) is 3.80. The zero-order chi connectivity index (χ0) is 24.0. The molecule has 0 aromatic heterocycles. The molecule has 9 nitrogen and oxygen atoms in total. The summed E-state index contributed by atoms with van der Waals surface area (Å²) in [7, 11) is 3.12. The first-order chi connectivity index (χ1) is 15.9. The van der Waals surface area contributed by atoms with E-state index in [1.54, 1.807) is 69.7 Å². The van der Waals surface area contributed by atoms with Gasteiger partial charge in [-0.1, -0.05) is 12.1 Å². The lowest BCUT2D eigenvalue weighted by atomic mass is 10.1. The van der Waals surface area contributed by atoms with E-state index in [2.05, 4.69) is 10.7 Å². The second-order valence-corrected chi connectivity index (χ2v) is 7.66. The normalized spacial score (nSPS) is 15.4. The summed E-state index contributed by atoms with van der Waals surface area (Å²) in [5, 5.41) is 4.22. The van der Waals surface area contributed by atoms with Gasteiger partial charge in [-0.05, 0) is 61.1 Å². The summed E-state index contributed by atoms with van der Waals surface area (Å²) in [5.74, 6) is 0.278. The molecule has 174 valence electrons. The Balaban J connectivity index is 1.67. The van der Waals surface area contributed by atoms with Crippen molar-refractivity contribution in [2.24, 2.45) is 0 Å². The van der Waals surface area contributed by atoms with Crippen LogP contribution in [0.25, 0.3) is 0 Å². The van der Waals surface area contributed by atoms with Crippen LogP contribution < -0.4 is 20.2 Å². The maximum Gasteiger partial charge on any atom is 0.254 e. The molecule has 1 unspecified atom stereocenters. The van der Waals surface area contributed by atoms with Crippen molar-refractivity contribution in [2.75, 3.05) is 26.1 Å². The molecule has 3 amide bonds. The monoisotopic (exact) mass is 470 g/mol. The molecule has 0 radical (unpaired) electrons. The number of benzene rings is 2. The first-order valence-corrected chi connectivity index (χ1v) is 10.8. The molecule has 1 aliphatic heterocycles. The van der Waals surface area contributed by atoms with Gasteiger partial charge in [0, 0.05) is 12.2 Å². The van der Waals surface area contributed by atoms with Crippen LogP contribution in [0.1, 0.15) is 18.9 Å². The zero-order valence-corrected chi connectivity index (χ0v) is 19.5. The Morgan fingerprint density at radius 3 is 2.09 bits per heavy atom. The highest BCUT2D eigenvalue weighted by Gasteiger charge is 2.43. The van der Waals surface area contributed by atoms with Crippen molar-refractivity contribution < 1.29 is 23.9 Å². The average Bonchev–Trinajstić information content (AvgIpc) is 3.03. The summed E-state index contributed by atoms with van der Waals surface area (Å²) in [6.07, 6.45) is -0.0987. The first-order valence-electron chi connectivity index (χ1n) is 10.4. The number of anilines is 1. The van der Waals surface area contributed by atoms with E-state index in [4.69, 9.17) is 21.7 Å². The number of carbonyl (C=O) groups excluding carboxylic acids is 3. The average molecular weight is 471 g/mol. The Labute approximate surface area is 197 Å². The van der Waals surface area contributed by atoms with Crippen molar-refractivity contribution in [3.8, 4) is 11.5 Å². The van der Waals surface area contributed by atoms with E-state index < -0.39 is 6.04 Å². The highest BCUT2D eigenvalue weighted by atomic mass is 32.1. The van der Waals surface area contributed by atoms with E-state index in [-0.39, 0.29) is 35.7 Å². The number of hydrazine groups is 1. The molecular formula is C23H26N4O5S. The van der Waals surface area contributed by atoms with Gasteiger partial charge in [0.1, 0.15) is 17.5 Å². The second-order valence-electron chi connectivity index (χ2n) is 7.29. The van der Waals surface area contributed by atoms with Gasteiger partial charge in [-0.2, -0.15) is 0 Å². The minimum atomic E-state index is -0.935. The Bertz CT molecular complexity index is 945. The lowest BCUT2D eigenvalue weighted by Gasteiger charge is -2.24. The van der Waals surface area contributed by atoms with Crippen molar-refractivity contribution in [2.45, 2.75) is 25.8 Å². The largest absolute Gasteiger partial charge is 0.497 e. The number of rotatable bonds is 9. The van der Waals surface area contributed by atoms with Crippen LogP contribution in [0, 0.1) is 0 Å². The predicted octanol–water partition coefficient (Wildman–Crippen LogP) is 2.12. The molecule has 2 aromatic rings. The van der Waals surface area contributed by atoms with Crippen LogP contribution in [-0.4, -0.2) is 59.5 Å². The number of thiocarbonyl (C=S) groups is 1. The number of ether oxygens (including phenoxy) is 2. The molecule has 1 aliphatic rings. The standard InChI is InChI=1S/C23H26N4O5S/c1-4-26-22(30)19(14-20(28)24-16-7-11-18(32-3)12-8-16)27(23(26)33)25-21(29)13-15-5-9-17(31-2)10-6-15/h5-12,19H,4,13-14H2,1-3H3,(H,24,28)(H,25,29). The molecule has 2 N–H and O–H groups in total. The quantitative estimate of drug-likeness (QED) is 0.542. The molecule has 1 fully saturated rings. The van der Waals surface area contributed by atoms with Gasteiger partial charge in [-0.3, -0.25) is 24.7 Å². The fraction of sp³-hybridized carbons (Fsp3) is 0.304. The summed E-state index contributed by atoms with van der Waals surface area (Å²) in [5.41, 5.74) is 4.03. The number of nitrogens with zero attached hydrogens (tertiary/aromatic N) is 2. The van der Waals surface area contributed by atoms with Crippen LogP contribution in [0.2, 0.25) is 0 Å². The maximum absolute atomic E-state index is 12.9. The van der Waals surface area contributed by atoms with E-state index >= 15 is 0 Å². The molecule has 1 saturated heterocycles. The predicted molar refractivity (Wildman–Crippen MR) is 127 cm³/mol. The van der Waals surface area contributed by atoms with Crippen molar-refractivity contribution in [1.29, 1.82) is 0 Å². The number of likely N-dealkylation sites (N-methyl/N-ethyl adjacent to an activating group) is 1. The van der Waals surface area contributed by atoms with Gasteiger partial charge < -0.3 is 14.8 Å². The summed E-state index contributed by atoms with van der Waals surface area (Å²) in [6, 6.07) is 13.0. The fourth-order valence-electron chi connectivity index (χ4n) is 3.41.